The van der Waals surface area contributed by atoms with Gasteiger partial charge in [0, 0.05) is 44.3 Å². The van der Waals surface area contributed by atoms with Crippen molar-refractivity contribution >= 4 is 24.5 Å². The Balaban J connectivity index is 2.19. The second-order valence-corrected chi connectivity index (χ2v) is 5.32. The monoisotopic (exact) mass is 319 g/mol. The van der Waals surface area contributed by atoms with E-state index >= 15 is 0 Å². The fourth-order valence-corrected chi connectivity index (χ4v) is 2.29. The lowest BCUT2D eigenvalue weighted by Gasteiger charge is -2.24. The Kier molecular flexibility index (Phi) is 5.64. The third kappa shape index (κ3) is 4.49. The van der Waals surface area contributed by atoms with Gasteiger partial charge in [-0.15, -0.1) is 0 Å². The van der Waals surface area contributed by atoms with Crippen molar-refractivity contribution in [1.82, 2.24) is 9.97 Å². The van der Waals surface area contributed by atoms with Crippen molar-refractivity contribution in [3.05, 3.63) is 23.7 Å². The van der Waals surface area contributed by atoms with Gasteiger partial charge in [-0.3, -0.25) is 4.99 Å². The molecular formula is C15H21N5O3. The van der Waals surface area contributed by atoms with Gasteiger partial charge in [-0.05, 0) is 26.5 Å². The number of rotatable bonds is 6. The Hall–Kier alpha value is -2.48. The molecule has 1 fully saturated rings. The molecule has 0 atom stereocenters. The molecule has 8 heteroatoms. The van der Waals surface area contributed by atoms with Crippen LogP contribution in [0, 0.1) is 6.92 Å². The number of carbonyl (C=O) groups is 1. The van der Waals surface area contributed by atoms with Gasteiger partial charge in [-0.2, -0.15) is 4.98 Å². The van der Waals surface area contributed by atoms with Gasteiger partial charge in [-0.25, -0.2) is 9.78 Å². The molecule has 0 spiro atoms. The third-order valence-electron chi connectivity index (χ3n) is 3.54. The molecule has 2 rings (SSSR count). The number of aliphatic carboxylic acids is 1. The summed E-state index contributed by atoms with van der Waals surface area (Å²) in [4.78, 5) is 24.9. The average Bonchev–Trinajstić information content (AvgIpc) is 2.54. The maximum absolute atomic E-state index is 11.0. The summed E-state index contributed by atoms with van der Waals surface area (Å²) < 4.78 is 5.33. The molecule has 1 saturated heterocycles. The summed E-state index contributed by atoms with van der Waals surface area (Å²) in [5.41, 5.74) is 0.680. The molecule has 0 unspecified atom stereocenters. The highest BCUT2D eigenvalue weighted by atomic mass is 16.5. The van der Waals surface area contributed by atoms with Crippen molar-refractivity contribution < 1.29 is 14.6 Å². The first-order chi connectivity index (χ1) is 11.0. The standard InChI is InChI=1S/C15H21N5O3/c1-10-8-17-15(18-11-4-6-23-7-5-11)19-13(10)20(3)9-12(16-2)14(21)22/h8-9,11H,2,4-7H2,1,3H3,(H,21,22)(H,17,18,19)/b12-9-. The number of carboxylic acid groups (broad SMARTS) is 1. The highest BCUT2D eigenvalue weighted by Crippen LogP contribution is 2.19. The quantitative estimate of drug-likeness (QED) is 0.604. The molecule has 8 nitrogen and oxygen atoms in total. The number of nitrogens with one attached hydrogen (secondary N) is 1. The van der Waals surface area contributed by atoms with Gasteiger partial charge in [0.15, 0.2) is 5.70 Å². The van der Waals surface area contributed by atoms with Crippen LogP contribution in [0.3, 0.4) is 0 Å². The Morgan fingerprint density at radius 1 is 1.57 bits per heavy atom. The lowest BCUT2D eigenvalue weighted by atomic mass is 10.1. The number of aromatic nitrogens is 2. The summed E-state index contributed by atoms with van der Waals surface area (Å²) >= 11 is 0. The molecule has 1 aromatic heterocycles. The number of aryl methyl sites for hydroxylation is 1. The van der Waals surface area contributed by atoms with Crippen LogP contribution in [0.5, 0.6) is 0 Å². The summed E-state index contributed by atoms with van der Waals surface area (Å²) in [7, 11) is 1.71. The van der Waals surface area contributed by atoms with E-state index in [0.717, 1.165) is 31.6 Å². The second-order valence-electron chi connectivity index (χ2n) is 5.32. The molecule has 0 aliphatic carbocycles. The summed E-state index contributed by atoms with van der Waals surface area (Å²) in [6, 6.07) is 0.282. The zero-order valence-electron chi connectivity index (χ0n) is 13.3. The minimum atomic E-state index is -1.14. The van der Waals surface area contributed by atoms with Crippen molar-refractivity contribution in [2.24, 2.45) is 4.99 Å². The molecule has 124 valence electrons. The minimum absolute atomic E-state index is 0.149. The first kappa shape index (κ1) is 16.9. The Morgan fingerprint density at radius 2 is 2.26 bits per heavy atom. The maximum atomic E-state index is 11.0. The van der Waals surface area contributed by atoms with Crippen LogP contribution < -0.4 is 10.2 Å². The number of hydrogen-bond donors (Lipinski definition) is 2. The van der Waals surface area contributed by atoms with E-state index in [9.17, 15) is 4.79 Å². The molecule has 0 saturated carbocycles. The maximum Gasteiger partial charge on any atom is 0.355 e. The van der Waals surface area contributed by atoms with Crippen LogP contribution in [-0.2, 0) is 9.53 Å². The van der Waals surface area contributed by atoms with Crippen molar-refractivity contribution in [1.29, 1.82) is 0 Å². The van der Waals surface area contributed by atoms with E-state index in [1.807, 2.05) is 6.92 Å². The van der Waals surface area contributed by atoms with Crippen LogP contribution in [-0.4, -0.2) is 54.1 Å². The SMILES string of the molecule is C=N/C(=C\N(C)c1nc(NC2CCOCC2)ncc1C)C(=O)O. The number of nitrogens with zero attached hydrogens (tertiary/aromatic N) is 4. The lowest BCUT2D eigenvalue weighted by molar-refractivity contribution is -0.132. The largest absolute Gasteiger partial charge is 0.476 e. The average molecular weight is 319 g/mol. The molecule has 1 aromatic rings. The predicted octanol–water partition coefficient (Wildman–Crippen LogP) is 1.44. The molecule has 1 aliphatic heterocycles. The van der Waals surface area contributed by atoms with Crippen molar-refractivity contribution in [3.8, 4) is 0 Å². The van der Waals surface area contributed by atoms with E-state index in [1.165, 1.54) is 6.20 Å². The van der Waals surface area contributed by atoms with Crippen LogP contribution in [0.2, 0.25) is 0 Å². The van der Waals surface area contributed by atoms with E-state index < -0.39 is 5.97 Å². The molecule has 0 bridgehead atoms. The number of anilines is 2. The van der Waals surface area contributed by atoms with Gasteiger partial charge in [0.05, 0.1) is 0 Å². The second kappa shape index (κ2) is 7.68. The number of hydrogen-bond acceptors (Lipinski definition) is 7. The van der Waals surface area contributed by atoms with Crippen LogP contribution in [0.15, 0.2) is 23.1 Å². The highest BCUT2D eigenvalue weighted by Gasteiger charge is 2.16. The Labute approximate surface area is 134 Å². The van der Waals surface area contributed by atoms with E-state index in [2.05, 4.69) is 27.0 Å². The first-order valence-corrected chi connectivity index (χ1v) is 7.34. The topological polar surface area (TPSA) is 99.9 Å². The molecule has 0 aromatic carbocycles. The third-order valence-corrected chi connectivity index (χ3v) is 3.54. The van der Waals surface area contributed by atoms with Gasteiger partial charge in [0.25, 0.3) is 0 Å². The fourth-order valence-electron chi connectivity index (χ4n) is 2.29. The number of aliphatic imine (C=N–C) groups is 1. The van der Waals surface area contributed by atoms with E-state index in [1.54, 1.807) is 18.1 Å². The van der Waals surface area contributed by atoms with Crippen LogP contribution in [0.1, 0.15) is 18.4 Å². The van der Waals surface area contributed by atoms with Crippen LogP contribution >= 0.6 is 0 Å². The molecule has 1 aliphatic rings. The highest BCUT2D eigenvalue weighted by molar-refractivity contribution is 5.87. The van der Waals surface area contributed by atoms with Gasteiger partial charge in [-0.1, -0.05) is 0 Å². The van der Waals surface area contributed by atoms with Gasteiger partial charge < -0.3 is 20.1 Å². The summed E-state index contributed by atoms with van der Waals surface area (Å²) in [6.45, 7) is 6.58. The first-order valence-electron chi connectivity index (χ1n) is 7.34. The molecule has 2 heterocycles. The van der Waals surface area contributed by atoms with Crippen molar-refractivity contribution in [2.75, 3.05) is 30.5 Å². The van der Waals surface area contributed by atoms with Crippen LogP contribution in [0.25, 0.3) is 0 Å². The molecule has 23 heavy (non-hydrogen) atoms. The number of ether oxygens (including phenoxy) is 1. The zero-order chi connectivity index (χ0) is 16.8. The number of carboxylic acids is 1. The summed E-state index contributed by atoms with van der Waals surface area (Å²) in [6.07, 6.45) is 4.90. The van der Waals surface area contributed by atoms with Gasteiger partial charge in [0.2, 0.25) is 5.95 Å². The van der Waals surface area contributed by atoms with Gasteiger partial charge >= 0.3 is 5.97 Å². The Bertz CT molecular complexity index is 611. The normalized spacial score (nSPS) is 16.0. The predicted molar refractivity (Wildman–Crippen MR) is 87.9 cm³/mol. The molecule has 2 N–H and O–H groups in total. The molecule has 0 amide bonds. The summed E-state index contributed by atoms with van der Waals surface area (Å²) in [5.74, 6) is -0.0164. The lowest BCUT2D eigenvalue weighted by Crippen LogP contribution is -2.29. The fraction of sp³-hybridized carbons (Fsp3) is 0.467. The van der Waals surface area contributed by atoms with Gasteiger partial charge in [0.1, 0.15) is 5.82 Å². The molecular weight excluding hydrogens is 298 g/mol. The zero-order valence-corrected chi connectivity index (χ0v) is 13.3. The van der Waals surface area contributed by atoms with Crippen molar-refractivity contribution in [2.45, 2.75) is 25.8 Å². The van der Waals surface area contributed by atoms with Crippen molar-refractivity contribution in [3.63, 3.8) is 0 Å². The van der Waals surface area contributed by atoms with E-state index in [0.29, 0.717) is 11.8 Å². The van der Waals surface area contributed by atoms with E-state index in [-0.39, 0.29) is 11.7 Å². The summed E-state index contributed by atoms with van der Waals surface area (Å²) in [5, 5.41) is 12.3. The minimum Gasteiger partial charge on any atom is -0.476 e. The smallest absolute Gasteiger partial charge is 0.355 e. The van der Waals surface area contributed by atoms with Crippen LogP contribution in [0.4, 0.5) is 11.8 Å². The Morgan fingerprint density at radius 3 is 2.87 bits per heavy atom. The molecule has 0 radical (unpaired) electrons. The van der Waals surface area contributed by atoms with E-state index in [4.69, 9.17) is 9.84 Å².